The van der Waals surface area contributed by atoms with Crippen molar-refractivity contribution in [3.8, 4) is 5.69 Å². The maximum absolute atomic E-state index is 12.9. The second kappa shape index (κ2) is 7.87. The van der Waals surface area contributed by atoms with Gasteiger partial charge in [0.15, 0.2) is 5.78 Å². The first kappa shape index (κ1) is 20.3. The van der Waals surface area contributed by atoms with Gasteiger partial charge in [0.2, 0.25) is 5.16 Å². The SMILES string of the molecule is Cc1ccc(-n2nnnc2S[C@H](C)C(=O)c2ccc(C(C)(C)C)cc2)c(C)c1. The molecule has 5 nitrogen and oxygen atoms in total. The summed E-state index contributed by atoms with van der Waals surface area (Å²) in [5, 5.41) is 12.4. The Bertz CT molecular complexity index is 987. The van der Waals surface area contributed by atoms with Crippen molar-refractivity contribution in [1.29, 1.82) is 0 Å². The quantitative estimate of drug-likeness (QED) is 0.453. The molecule has 0 aliphatic heterocycles. The Hall–Kier alpha value is -2.47. The van der Waals surface area contributed by atoms with E-state index in [2.05, 4.69) is 49.3 Å². The number of nitrogens with zero attached hydrogens (tertiary/aromatic N) is 4. The standard InChI is InChI=1S/C22H26N4OS/c1-14-7-12-19(15(2)13-14)26-21(23-24-25-26)28-16(3)20(27)17-8-10-18(11-9-17)22(4,5)6/h7-13,16H,1-6H3/t16-/m1/s1. The predicted octanol–water partition coefficient (Wildman–Crippen LogP) is 4.94. The normalized spacial score (nSPS) is 12.8. The molecule has 6 heteroatoms. The molecular weight excluding hydrogens is 368 g/mol. The van der Waals surface area contributed by atoms with Gasteiger partial charge in [0.05, 0.1) is 10.9 Å². The predicted molar refractivity (Wildman–Crippen MR) is 113 cm³/mol. The van der Waals surface area contributed by atoms with E-state index in [0.29, 0.717) is 10.7 Å². The topological polar surface area (TPSA) is 60.7 Å². The Morgan fingerprint density at radius 2 is 1.75 bits per heavy atom. The number of Topliss-reactive ketones (excluding diaryl/α,β-unsaturated/α-hetero) is 1. The van der Waals surface area contributed by atoms with Gasteiger partial charge < -0.3 is 0 Å². The number of ketones is 1. The minimum absolute atomic E-state index is 0.0654. The van der Waals surface area contributed by atoms with Gasteiger partial charge >= 0.3 is 0 Å². The highest BCUT2D eigenvalue weighted by Gasteiger charge is 2.22. The second-order valence-electron chi connectivity index (χ2n) is 8.11. The molecule has 0 unspecified atom stereocenters. The van der Waals surface area contributed by atoms with E-state index in [1.807, 2.05) is 50.2 Å². The van der Waals surface area contributed by atoms with Crippen molar-refractivity contribution in [3.05, 3.63) is 64.7 Å². The number of benzene rings is 2. The van der Waals surface area contributed by atoms with E-state index in [1.54, 1.807) is 4.68 Å². The molecule has 0 spiro atoms. The first-order chi connectivity index (χ1) is 13.2. The Balaban J connectivity index is 1.79. The van der Waals surface area contributed by atoms with Gasteiger partial charge in [-0.15, -0.1) is 5.10 Å². The molecule has 0 saturated carbocycles. The van der Waals surface area contributed by atoms with Gasteiger partial charge in [-0.2, -0.15) is 4.68 Å². The highest BCUT2D eigenvalue weighted by molar-refractivity contribution is 8.00. The largest absolute Gasteiger partial charge is 0.293 e. The van der Waals surface area contributed by atoms with Crippen molar-refractivity contribution in [1.82, 2.24) is 20.2 Å². The van der Waals surface area contributed by atoms with Crippen LogP contribution in [0, 0.1) is 13.8 Å². The van der Waals surface area contributed by atoms with Crippen molar-refractivity contribution in [2.75, 3.05) is 0 Å². The Morgan fingerprint density at radius 1 is 1.07 bits per heavy atom. The fourth-order valence-electron chi connectivity index (χ4n) is 3.03. The van der Waals surface area contributed by atoms with E-state index in [0.717, 1.165) is 11.3 Å². The Labute approximate surface area is 170 Å². The lowest BCUT2D eigenvalue weighted by Gasteiger charge is -2.19. The summed E-state index contributed by atoms with van der Waals surface area (Å²) in [4.78, 5) is 12.9. The summed E-state index contributed by atoms with van der Waals surface area (Å²) >= 11 is 1.37. The monoisotopic (exact) mass is 394 g/mol. The number of tetrazole rings is 1. The molecule has 1 heterocycles. The van der Waals surface area contributed by atoms with Gasteiger partial charge in [0.25, 0.3) is 0 Å². The lowest BCUT2D eigenvalue weighted by molar-refractivity contribution is 0.0994. The molecular formula is C22H26N4OS. The van der Waals surface area contributed by atoms with Crippen LogP contribution in [-0.2, 0) is 5.41 Å². The van der Waals surface area contributed by atoms with Crippen LogP contribution in [0.4, 0.5) is 0 Å². The van der Waals surface area contributed by atoms with Crippen LogP contribution in [0.3, 0.4) is 0 Å². The third kappa shape index (κ3) is 4.33. The zero-order valence-electron chi connectivity index (χ0n) is 17.2. The third-order valence-electron chi connectivity index (χ3n) is 4.71. The highest BCUT2D eigenvalue weighted by atomic mass is 32.2. The summed E-state index contributed by atoms with van der Waals surface area (Å²) in [6.45, 7) is 12.5. The molecule has 0 aliphatic rings. The van der Waals surface area contributed by atoms with Crippen molar-refractivity contribution in [3.63, 3.8) is 0 Å². The minimum Gasteiger partial charge on any atom is -0.293 e. The third-order valence-corrected chi connectivity index (χ3v) is 5.74. The van der Waals surface area contributed by atoms with Crippen molar-refractivity contribution >= 4 is 17.5 Å². The summed E-state index contributed by atoms with van der Waals surface area (Å²) in [5.74, 6) is 0.0700. The van der Waals surface area contributed by atoms with E-state index in [1.165, 1.54) is 22.9 Å². The molecule has 3 aromatic rings. The second-order valence-corrected chi connectivity index (χ2v) is 9.42. The van der Waals surface area contributed by atoms with Gasteiger partial charge in [0, 0.05) is 5.56 Å². The number of aromatic nitrogens is 4. The van der Waals surface area contributed by atoms with Crippen LogP contribution in [-0.4, -0.2) is 31.2 Å². The summed E-state index contributed by atoms with van der Waals surface area (Å²) < 4.78 is 1.70. The van der Waals surface area contributed by atoms with Gasteiger partial charge in [-0.3, -0.25) is 4.79 Å². The molecule has 0 radical (unpaired) electrons. The van der Waals surface area contributed by atoms with E-state index < -0.39 is 0 Å². The minimum atomic E-state index is -0.295. The lowest BCUT2D eigenvalue weighted by atomic mass is 9.86. The highest BCUT2D eigenvalue weighted by Crippen LogP contribution is 2.28. The first-order valence-corrected chi connectivity index (χ1v) is 10.2. The molecule has 0 bridgehead atoms. The number of hydrogen-bond acceptors (Lipinski definition) is 5. The molecule has 28 heavy (non-hydrogen) atoms. The van der Waals surface area contributed by atoms with Gasteiger partial charge in [-0.05, 0) is 53.8 Å². The Kier molecular flexibility index (Phi) is 5.70. The van der Waals surface area contributed by atoms with Crippen LogP contribution >= 0.6 is 11.8 Å². The van der Waals surface area contributed by atoms with Crippen LogP contribution < -0.4 is 0 Å². The fraction of sp³-hybridized carbons (Fsp3) is 0.364. The number of carbonyl (C=O) groups excluding carboxylic acids is 1. The van der Waals surface area contributed by atoms with Crippen molar-refractivity contribution < 1.29 is 4.79 Å². The van der Waals surface area contributed by atoms with Gasteiger partial charge in [0.1, 0.15) is 0 Å². The van der Waals surface area contributed by atoms with E-state index in [4.69, 9.17) is 0 Å². The number of rotatable bonds is 5. The molecule has 0 N–H and O–H groups in total. The van der Waals surface area contributed by atoms with Crippen LogP contribution in [0.15, 0.2) is 47.6 Å². The van der Waals surface area contributed by atoms with Crippen LogP contribution in [0.25, 0.3) is 5.69 Å². The average molecular weight is 395 g/mol. The number of aryl methyl sites for hydroxylation is 2. The lowest BCUT2D eigenvalue weighted by Crippen LogP contribution is -2.16. The molecule has 146 valence electrons. The molecule has 0 amide bonds. The van der Waals surface area contributed by atoms with Crippen molar-refractivity contribution in [2.24, 2.45) is 0 Å². The molecule has 3 rings (SSSR count). The molecule has 0 saturated heterocycles. The van der Waals surface area contributed by atoms with Gasteiger partial charge in [-0.1, -0.05) is 74.5 Å². The van der Waals surface area contributed by atoms with Crippen LogP contribution in [0.2, 0.25) is 0 Å². The average Bonchev–Trinajstić information content (AvgIpc) is 3.08. The molecule has 1 atom stereocenters. The van der Waals surface area contributed by atoms with Crippen molar-refractivity contribution in [2.45, 2.75) is 57.4 Å². The summed E-state index contributed by atoms with van der Waals surface area (Å²) in [6.07, 6.45) is 0. The zero-order valence-corrected chi connectivity index (χ0v) is 18.0. The smallest absolute Gasteiger partial charge is 0.214 e. The maximum Gasteiger partial charge on any atom is 0.214 e. The number of thioether (sulfide) groups is 1. The fourth-order valence-corrected chi connectivity index (χ4v) is 3.91. The van der Waals surface area contributed by atoms with E-state index in [9.17, 15) is 4.79 Å². The zero-order chi connectivity index (χ0) is 20.5. The van der Waals surface area contributed by atoms with Crippen LogP contribution in [0.1, 0.15) is 54.7 Å². The van der Waals surface area contributed by atoms with E-state index in [-0.39, 0.29) is 16.4 Å². The van der Waals surface area contributed by atoms with Crippen LogP contribution in [0.5, 0.6) is 0 Å². The first-order valence-electron chi connectivity index (χ1n) is 9.34. The summed E-state index contributed by atoms with van der Waals surface area (Å²) in [6, 6.07) is 14.0. The molecule has 1 aromatic heterocycles. The summed E-state index contributed by atoms with van der Waals surface area (Å²) in [5.41, 5.74) is 5.18. The number of carbonyl (C=O) groups is 1. The molecule has 0 aliphatic carbocycles. The number of hydrogen-bond donors (Lipinski definition) is 0. The summed E-state index contributed by atoms with van der Waals surface area (Å²) in [7, 11) is 0. The molecule has 0 fully saturated rings. The maximum atomic E-state index is 12.9. The van der Waals surface area contributed by atoms with E-state index >= 15 is 0 Å². The van der Waals surface area contributed by atoms with Gasteiger partial charge in [-0.25, -0.2) is 0 Å². The molecule has 2 aromatic carbocycles. The Morgan fingerprint density at radius 3 is 2.36 bits per heavy atom.